The number of carbonyl (C=O) groups excluding carboxylic acids is 3. The number of methoxy groups -OCH3 is 2. The van der Waals surface area contributed by atoms with Gasteiger partial charge in [0.25, 0.3) is 0 Å². The first-order chi connectivity index (χ1) is 54.4. The molecule has 1 unspecified atom stereocenters. The van der Waals surface area contributed by atoms with Crippen LogP contribution >= 0.6 is 11.8 Å². The number of ether oxygens (including phenoxy) is 4. The smallest absolute Gasteiger partial charge is 0.305 e. The maximum atomic E-state index is 10.9. The lowest BCUT2D eigenvalue weighted by atomic mass is 9.88. The molecular formula is C112H236O9S. The summed E-state index contributed by atoms with van der Waals surface area (Å²) in [5.41, 5.74) is 7.29. The van der Waals surface area contributed by atoms with Gasteiger partial charge in [-0.2, -0.15) is 11.8 Å². The molecule has 0 aliphatic rings. The molecular weight excluding hydrogens is 1520 g/mol. The van der Waals surface area contributed by atoms with Gasteiger partial charge in [0, 0.05) is 52.8 Å². The molecule has 0 bridgehead atoms. The highest BCUT2D eigenvalue weighted by Crippen LogP contribution is 2.29. The van der Waals surface area contributed by atoms with Crippen molar-refractivity contribution >= 4 is 29.5 Å². The molecule has 0 amide bonds. The second kappa shape index (κ2) is 83.1. The fraction of sp³-hybridized carbons (Fsp3) is 0.902. The molecule has 2 N–H and O–H groups in total. The zero-order chi connectivity index (χ0) is 100.0. The van der Waals surface area contributed by atoms with Crippen molar-refractivity contribution in [2.75, 3.05) is 59.3 Å². The van der Waals surface area contributed by atoms with Crippen LogP contribution in [0, 0.1) is 75.8 Å². The van der Waals surface area contributed by atoms with E-state index in [1.54, 1.807) is 14.0 Å². The first kappa shape index (κ1) is 148. The van der Waals surface area contributed by atoms with Gasteiger partial charge >= 0.3 is 11.9 Å². The highest BCUT2D eigenvalue weighted by molar-refractivity contribution is 7.98. The molecule has 1 atom stereocenters. The fourth-order valence-electron chi connectivity index (χ4n) is 9.93. The molecule has 744 valence electrons. The lowest BCUT2D eigenvalue weighted by Gasteiger charge is -2.20. The van der Waals surface area contributed by atoms with E-state index in [-0.39, 0.29) is 34.3 Å². The number of unbranched alkanes of at least 4 members (excludes halogenated alkanes) is 2. The van der Waals surface area contributed by atoms with Crippen molar-refractivity contribution in [1.29, 1.82) is 0 Å². The quantitative estimate of drug-likeness (QED) is 0.0475. The van der Waals surface area contributed by atoms with Gasteiger partial charge in [-0.3, -0.25) is 9.59 Å². The summed E-state index contributed by atoms with van der Waals surface area (Å²) in [7, 11) is 3.17. The van der Waals surface area contributed by atoms with Crippen LogP contribution in [-0.4, -0.2) is 93.3 Å². The molecule has 122 heavy (non-hydrogen) atoms. The summed E-state index contributed by atoms with van der Waals surface area (Å²) in [6.07, 6.45) is 34.6. The molecule has 1 rings (SSSR count). The Kier molecular flexibility index (Phi) is 101. The minimum absolute atomic E-state index is 0.0811. The van der Waals surface area contributed by atoms with Gasteiger partial charge in [0.2, 0.25) is 0 Å². The summed E-state index contributed by atoms with van der Waals surface area (Å²) in [6.45, 7) is 117. The first-order valence-electron chi connectivity index (χ1n) is 48.6. The third kappa shape index (κ3) is 218. The predicted octanol–water partition coefficient (Wildman–Crippen LogP) is 36.9. The van der Waals surface area contributed by atoms with E-state index in [1.807, 2.05) is 38.6 Å². The molecule has 0 spiro atoms. The Morgan fingerprint density at radius 3 is 0.893 bits per heavy atom. The monoisotopic (exact) mass is 1760 g/mol. The summed E-state index contributed by atoms with van der Waals surface area (Å²) in [5.74, 6) is 1.42. The molecule has 0 heterocycles. The molecule has 0 saturated heterocycles. The van der Waals surface area contributed by atoms with Gasteiger partial charge in [-0.05, 0) is 230 Å². The van der Waals surface area contributed by atoms with E-state index in [9.17, 15) is 19.5 Å². The maximum Gasteiger partial charge on any atom is 0.305 e. The zero-order valence-corrected chi connectivity index (χ0v) is 95.1. The van der Waals surface area contributed by atoms with Gasteiger partial charge in [0.15, 0.2) is 0 Å². The van der Waals surface area contributed by atoms with Crippen LogP contribution in [-0.2, 0) is 39.8 Å². The van der Waals surface area contributed by atoms with E-state index in [0.717, 1.165) is 77.6 Å². The van der Waals surface area contributed by atoms with Crippen molar-refractivity contribution in [1.82, 2.24) is 0 Å². The number of benzene rings is 1. The standard InChI is InChI=1S/C11H16.C9H18O2.C9H20O.C8H16O2.C8H18O.C8H16O.C8H18O.C8H18S.2C8H18.2C7H16.C7H14.C6H14O/c1-11(2,3)9-10-7-5-4-6-8-10;1-5-11-8(10)6-7-9(2,3)4;1-5-10-8-6-7-9(2,3)4;1-8(2,3)6-5-7(9)10-4;1-8(2,3)6-5-7-9-4;1-7(9)5-6-8(2,3)4;1-5-7(9)6-8(2,3)4;1-8(2,3)6-5-7-9-4;2*1-5-6-7-8(2,3)4;3*1-5-6-7(2,3)4;1-6(2,3)4-5-7/h4-8H,9H2,1-3H3;5-7H2,1-4H3;5-8H2,1-4H3;5-6H2,1-4H3;5-7H2,1-4H3;5-6H2,1-4H3;7,9H,5-6H2,1-4H3;5-7H2,1-4H3;2*5-7H2,1-4H3;2*5-6H2,1-4H3;5H,1,6H2,2-4H3;7H,4-5H2,1-3H3. The highest BCUT2D eigenvalue weighted by Gasteiger charge is 2.18. The number of allylic oxidation sites excluding steroid dienone is 1. The molecule has 1 aromatic rings. The number of hydrogen-bond donors (Lipinski definition) is 2. The predicted molar refractivity (Wildman–Crippen MR) is 560 cm³/mol. The molecule has 0 saturated carbocycles. The van der Waals surface area contributed by atoms with E-state index >= 15 is 0 Å². The SMILES string of the molecule is C=CCC(C)(C)C.CC(=O)CCC(C)(C)C.CC(C)(C)CCO.CC(C)(C)Cc1ccccc1.CCC(O)CC(C)(C)C.CCCC(C)(C)C.CCCC(C)(C)C.CCCCC(C)(C)C.CCCCC(C)(C)C.CCOC(=O)CCC(C)(C)C.CCOCCCC(C)(C)C.COC(=O)CCC(C)(C)C.COCCCC(C)(C)C.CSCCCC(C)(C)C. The Morgan fingerprint density at radius 2 is 0.705 bits per heavy atom. The number of aliphatic hydroxyl groups excluding tert-OH is 2. The summed E-state index contributed by atoms with van der Waals surface area (Å²) < 4.78 is 19.5. The second-order valence-corrected chi connectivity index (χ2v) is 51.5. The Labute approximate surface area is 777 Å². The lowest BCUT2D eigenvalue weighted by Crippen LogP contribution is -2.16. The molecule has 0 aliphatic carbocycles. The summed E-state index contributed by atoms with van der Waals surface area (Å²) in [4.78, 5) is 32.0. The average molecular weight is 1760 g/mol. The van der Waals surface area contributed by atoms with Gasteiger partial charge in [-0.15, -0.1) is 6.58 Å². The van der Waals surface area contributed by atoms with Gasteiger partial charge < -0.3 is 34.0 Å². The van der Waals surface area contributed by atoms with E-state index in [1.165, 1.54) is 121 Å². The van der Waals surface area contributed by atoms with Gasteiger partial charge in [-0.1, -0.05) is 400 Å². The van der Waals surface area contributed by atoms with Crippen LogP contribution in [0.25, 0.3) is 0 Å². The fourth-order valence-corrected chi connectivity index (χ4v) is 10.4. The third-order valence-electron chi connectivity index (χ3n) is 17.0. The van der Waals surface area contributed by atoms with Crippen molar-refractivity contribution < 1.29 is 43.5 Å². The summed E-state index contributed by atoms with van der Waals surface area (Å²) in [6, 6.07) is 10.6. The number of rotatable bonds is 28. The number of hydrogen-bond acceptors (Lipinski definition) is 10. The van der Waals surface area contributed by atoms with Gasteiger partial charge in [0.1, 0.15) is 5.78 Å². The molecule has 0 radical (unpaired) electrons. The molecule has 0 aliphatic heterocycles. The number of thioether (sulfide) groups is 1. The van der Waals surface area contributed by atoms with E-state index in [4.69, 9.17) is 19.3 Å². The molecule has 9 nitrogen and oxygen atoms in total. The normalized spacial score (nSPS) is 12.0. The van der Waals surface area contributed by atoms with Crippen LogP contribution in [0.1, 0.15) is 519 Å². The van der Waals surface area contributed by atoms with Crippen molar-refractivity contribution in [3.05, 3.63) is 48.6 Å². The van der Waals surface area contributed by atoms with Crippen molar-refractivity contribution in [2.24, 2.45) is 75.8 Å². The van der Waals surface area contributed by atoms with Crippen LogP contribution in [0.15, 0.2) is 43.0 Å². The average Bonchev–Trinajstić information content (AvgIpc) is 0.910. The molecule has 10 heteroatoms. The van der Waals surface area contributed by atoms with Crippen LogP contribution in [0.2, 0.25) is 0 Å². The number of ketones is 1. The molecule has 0 aromatic heterocycles. The van der Waals surface area contributed by atoms with Crippen LogP contribution in [0.5, 0.6) is 0 Å². The Hall–Kier alpha value is -2.24. The van der Waals surface area contributed by atoms with E-state index in [0.29, 0.717) is 91.4 Å². The Balaban J connectivity index is -0.0000000956. The number of esters is 2. The van der Waals surface area contributed by atoms with Crippen LogP contribution in [0.4, 0.5) is 0 Å². The van der Waals surface area contributed by atoms with E-state index in [2.05, 4.69) is 366 Å². The number of Topliss-reactive ketones (excluding diaryl/α,β-unsaturated/α-hetero) is 1. The summed E-state index contributed by atoms with van der Waals surface area (Å²) in [5, 5.41) is 17.6. The van der Waals surface area contributed by atoms with Crippen molar-refractivity contribution in [2.45, 2.75) is 526 Å². The lowest BCUT2D eigenvalue weighted by molar-refractivity contribution is -0.144. The Morgan fingerprint density at radius 1 is 0.385 bits per heavy atom. The van der Waals surface area contributed by atoms with Crippen molar-refractivity contribution in [3.8, 4) is 0 Å². The van der Waals surface area contributed by atoms with E-state index < -0.39 is 0 Å². The highest BCUT2D eigenvalue weighted by atomic mass is 32.2. The Bertz CT molecular complexity index is 2230. The number of carbonyl (C=O) groups is 3. The summed E-state index contributed by atoms with van der Waals surface area (Å²) >= 11 is 1.94. The minimum Gasteiger partial charge on any atom is -0.469 e. The topological polar surface area (TPSA) is 129 Å². The minimum atomic E-state index is -0.116. The zero-order valence-electron chi connectivity index (χ0n) is 94.2. The first-order valence-corrected chi connectivity index (χ1v) is 50.0. The second-order valence-electron chi connectivity index (χ2n) is 50.5. The van der Waals surface area contributed by atoms with Crippen LogP contribution < -0.4 is 0 Å². The maximum absolute atomic E-state index is 10.9. The van der Waals surface area contributed by atoms with Gasteiger partial charge in [-0.25, -0.2) is 0 Å². The number of aliphatic hydroxyl groups is 2. The van der Waals surface area contributed by atoms with Gasteiger partial charge in [0.05, 0.1) is 19.8 Å². The largest absolute Gasteiger partial charge is 0.469 e. The van der Waals surface area contributed by atoms with Crippen LogP contribution in [0.3, 0.4) is 0 Å². The third-order valence-corrected chi connectivity index (χ3v) is 17.7. The van der Waals surface area contributed by atoms with Crippen molar-refractivity contribution in [3.63, 3.8) is 0 Å². The molecule has 1 aromatic carbocycles. The molecule has 0 fully saturated rings.